The average Bonchev–Trinajstić information content (AvgIpc) is 3.62. The van der Waals surface area contributed by atoms with E-state index in [9.17, 15) is 9.90 Å². The molecule has 0 aliphatic carbocycles. The lowest BCUT2D eigenvalue weighted by molar-refractivity contribution is -0.160. The van der Waals surface area contributed by atoms with E-state index in [-0.39, 0.29) is 5.60 Å². The number of hydrogen-bond acceptors (Lipinski definition) is 9. The third kappa shape index (κ3) is 6.74. The van der Waals surface area contributed by atoms with Gasteiger partial charge in [-0.1, -0.05) is 30.4 Å². The van der Waals surface area contributed by atoms with Crippen LogP contribution in [-0.2, 0) is 20.7 Å². The summed E-state index contributed by atoms with van der Waals surface area (Å²) in [7, 11) is 0. The summed E-state index contributed by atoms with van der Waals surface area (Å²) in [5, 5.41) is 15.3. The predicted octanol–water partition coefficient (Wildman–Crippen LogP) is 5.94. The first kappa shape index (κ1) is 30.8. The maximum atomic E-state index is 12.7. The highest BCUT2D eigenvalue weighted by molar-refractivity contribution is 5.78. The molecule has 0 amide bonds. The monoisotopic (exact) mass is 615 g/mol. The van der Waals surface area contributed by atoms with E-state index in [0.717, 1.165) is 30.6 Å². The van der Waals surface area contributed by atoms with Gasteiger partial charge in [-0.15, -0.1) is 0 Å². The van der Waals surface area contributed by atoms with Crippen LogP contribution in [0.25, 0.3) is 17.2 Å². The van der Waals surface area contributed by atoms with Crippen molar-refractivity contribution in [3.63, 3.8) is 0 Å². The number of nitrogens with zero attached hydrogens (tertiary/aromatic N) is 5. The Balaban J connectivity index is 1.47. The van der Waals surface area contributed by atoms with E-state index in [1.165, 1.54) is 0 Å². The van der Waals surface area contributed by atoms with Crippen LogP contribution < -0.4 is 9.64 Å². The predicted molar refractivity (Wildman–Crippen MR) is 169 cm³/mol. The van der Waals surface area contributed by atoms with Gasteiger partial charge in [0, 0.05) is 36.8 Å². The van der Waals surface area contributed by atoms with Crippen LogP contribution in [0.2, 0.25) is 0 Å². The largest absolute Gasteiger partial charge is 0.489 e. The molecule has 0 saturated carbocycles. The molecule has 0 spiro atoms. The van der Waals surface area contributed by atoms with Crippen LogP contribution in [0.5, 0.6) is 5.75 Å². The maximum Gasteiger partial charge on any atom is 0.337 e. The van der Waals surface area contributed by atoms with Gasteiger partial charge >= 0.3 is 5.97 Å². The van der Waals surface area contributed by atoms with Crippen molar-refractivity contribution in [1.29, 1.82) is 0 Å². The topological polar surface area (TPSA) is 124 Å². The fourth-order valence-electron chi connectivity index (χ4n) is 5.94. The zero-order valence-electron chi connectivity index (χ0n) is 26.6. The minimum absolute atomic E-state index is 0.308. The number of anilines is 1. The van der Waals surface area contributed by atoms with Crippen molar-refractivity contribution < 1.29 is 28.5 Å². The number of aryl methyl sites for hydroxylation is 1. The molecule has 238 valence electrons. The minimum atomic E-state index is -1.24. The number of carboxylic acid groups (broad SMARTS) is 1. The zero-order chi connectivity index (χ0) is 31.8. The standard InChI is InChI=1S/C34H41N5O6/c1-22-28(29(32(40)41)45-33(2,3)4)31-38-15-13-34(5,14-16-38)43-18-10-6-9-17-42-26-12-8-7-11-23(26)19-24-21-35-30(44-24)25-20-27(36-22)39(31)37-25/h6-9,11-12,20-21,29H,10,13-19H2,1-5H3,(H,40,41)/b9-6+/t29-/m0/s1. The Morgan fingerprint density at radius 1 is 1.16 bits per heavy atom. The molecule has 11 nitrogen and oxygen atoms in total. The second kappa shape index (κ2) is 12.3. The second-order valence-electron chi connectivity index (χ2n) is 13.0. The Morgan fingerprint density at radius 3 is 2.69 bits per heavy atom. The first-order chi connectivity index (χ1) is 21.5. The van der Waals surface area contributed by atoms with E-state index in [0.29, 0.717) is 72.8 Å². The highest BCUT2D eigenvalue weighted by Gasteiger charge is 2.38. The molecular formula is C34H41N5O6. The Morgan fingerprint density at radius 2 is 1.93 bits per heavy atom. The van der Waals surface area contributed by atoms with Crippen molar-refractivity contribution in [2.75, 3.05) is 31.2 Å². The van der Waals surface area contributed by atoms with Gasteiger partial charge in [-0.2, -0.15) is 9.61 Å². The van der Waals surface area contributed by atoms with Crippen molar-refractivity contribution in [1.82, 2.24) is 19.6 Å². The number of carboxylic acids is 1. The van der Waals surface area contributed by atoms with E-state index < -0.39 is 17.7 Å². The summed E-state index contributed by atoms with van der Waals surface area (Å²) >= 11 is 0. The molecule has 0 radical (unpaired) electrons. The maximum absolute atomic E-state index is 12.7. The third-order valence-electron chi connectivity index (χ3n) is 8.23. The summed E-state index contributed by atoms with van der Waals surface area (Å²) in [5.41, 5.74) is 2.09. The lowest BCUT2D eigenvalue weighted by Crippen LogP contribution is -2.45. The van der Waals surface area contributed by atoms with Crippen LogP contribution in [0.4, 0.5) is 5.82 Å². The van der Waals surface area contributed by atoms with Crippen LogP contribution in [0.1, 0.15) is 75.6 Å². The van der Waals surface area contributed by atoms with Crippen LogP contribution >= 0.6 is 0 Å². The van der Waals surface area contributed by atoms with Gasteiger partial charge in [-0.25, -0.2) is 14.8 Å². The van der Waals surface area contributed by atoms with Crippen LogP contribution in [0.3, 0.4) is 0 Å². The quantitative estimate of drug-likeness (QED) is 0.277. The molecule has 1 N–H and O–H groups in total. The van der Waals surface area contributed by atoms with Gasteiger partial charge in [0.1, 0.15) is 23.9 Å². The number of oxazole rings is 1. The summed E-state index contributed by atoms with van der Waals surface area (Å²) < 4.78 is 26.5. The molecule has 7 rings (SSSR count). The first-order valence-electron chi connectivity index (χ1n) is 15.5. The number of benzene rings is 1. The molecule has 3 aromatic heterocycles. The van der Waals surface area contributed by atoms with Crippen molar-refractivity contribution in [3.8, 4) is 17.3 Å². The first-order valence-corrected chi connectivity index (χ1v) is 15.5. The van der Waals surface area contributed by atoms with Crippen molar-refractivity contribution in [2.24, 2.45) is 0 Å². The summed E-state index contributed by atoms with van der Waals surface area (Å²) in [6, 6.07) is 9.71. The molecule has 6 heterocycles. The van der Waals surface area contributed by atoms with Crippen LogP contribution in [0, 0.1) is 6.92 Å². The number of carbonyl (C=O) groups is 1. The van der Waals surface area contributed by atoms with Crippen molar-refractivity contribution >= 4 is 17.4 Å². The highest BCUT2D eigenvalue weighted by atomic mass is 16.5. The molecule has 1 atom stereocenters. The SMILES string of the molecule is Cc1nc2cc3nn2c(c1[C@H](OC(C)(C)C)C(=O)O)N1CCC(C)(CC1)OCC/C=C/COc1ccccc1Cc1cnc-3o1. The van der Waals surface area contributed by atoms with E-state index in [2.05, 4.69) is 22.9 Å². The fourth-order valence-corrected chi connectivity index (χ4v) is 5.94. The summed E-state index contributed by atoms with van der Waals surface area (Å²) in [4.78, 5) is 24.3. The lowest BCUT2D eigenvalue weighted by Gasteiger charge is -2.41. The normalized spacial score (nSPS) is 18.6. The average molecular weight is 616 g/mol. The van der Waals surface area contributed by atoms with E-state index in [1.54, 1.807) is 10.7 Å². The van der Waals surface area contributed by atoms with Gasteiger partial charge < -0.3 is 28.6 Å². The molecular weight excluding hydrogens is 574 g/mol. The minimum Gasteiger partial charge on any atom is -0.489 e. The molecule has 11 heteroatoms. The zero-order valence-corrected chi connectivity index (χ0v) is 26.6. The van der Waals surface area contributed by atoms with Gasteiger partial charge in [-0.05, 0) is 59.9 Å². The molecule has 1 saturated heterocycles. The summed E-state index contributed by atoms with van der Waals surface area (Å²) in [6.45, 7) is 11.9. The van der Waals surface area contributed by atoms with Gasteiger partial charge in [0.2, 0.25) is 5.89 Å². The number of rotatable bonds is 3. The summed E-state index contributed by atoms with van der Waals surface area (Å²) in [5.74, 6) is 1.37. The molecule has 45 heavy (non-hydrogen) atoms. The number of hydrogen-bond donors (Lipinski definition) is 1. The summed E-state index contributed by atoms with van der Waals surface area (Å²) in [6.07, 6.45) is 7.36. The van der Waals surface area contributed by atoms with E-state index in [4.69, 9.17) is 28.7 Å². The number of aliphatic carboxylic acids is 1. The van der Waals surface area contributed by atoms with Crippen LogP contribution in [-0.4, -0.2) is 68.2 Å². The second-order valence-corrected chi connectivity index (χ2v) is 13.0. The number of ether oxygens (including phenoxy) is 3. The molecule has 3 aliphatic rings. The van der Waals surface area contributed by atoms with Gasteiger partial charge in [-0.3, -0.25) is 0 Å². The molecule has 1 aromatic carbocycles. The van der Waals surface area contributed by atoms with E-state index >= 15 is 0 Å². The van der Waals surface area contributed by atoms with Crippen LogP contribution in [0.15, 0.2) is 53.1 Å². The molecule has 6 bridgehead atoms. The third-order valence-corrected chi connectivity index (χ3v) is 8.23. The molecule has 0 unspecified atom stereocenters. The Hall–Kier alpha value is -4.22. The van der Waals surface area contributed by atoms with Gasteiger partial charge in [0.25, 0.3) is 0 Å². The number of aromatic nitrogens is 4. The Labute approximate surface area is 262 Å². The van der Waals surface area contributed by atoms with E-state index in [1.807, 2.05) is 64.1 Å². The number of fused-ring (bicyclic) bond motifs is 7. The van der Waals surface area contributed by atoms with Crippen molar-refractivity contribution in [3.05, 3.63) is 71.3 Å². The lowest BCUT2D eigenvalue weighted by atomic mass is 9.92. The molecule has 1 fully saturated rings. The number of para-hydroxylation sites is 1. The van der Waals surface area contributed by atoms with Gasteiger partial charge in [0.05, 0.1) is 29.6 Å². The van der Waals surface area contributed by atoms with Crippen molar-refractivity contribution in [2.45, 2.75) is 77.6 Å². The molecule has 4 aromatic rings. The van der Waals surface area contributed by atoms with Gasteiger partial charge in [0.15, 0.2) is 17.4 Å². The Bertz CT molecular complexity index is 1710. The fraction of sp³-hybridized carbons (Fsp3) is 0.471. The number of piperidine rings is 1. The molecule has 3 aliphatic heterocycles. The highest BCUT2D eigenvalue weighted by Crippen LogP contribution is 2.38. The Kier molecular flexibility index (Phi) is 8.41. The smallest absolute Gasteiger partial charge is 0.337 e.